The molecule has 3 nitrogen and oxygen atoms in total. The molecular formula is C7H10N2O. The molecule has 1 heterocycles. The van der Waals surface area contributed by atoms with E-state index in [1.807, 2.05) is 0 Å². The van der Waals surface area contributed by atoms with Crippen molar-refractivity contribution in [2.45, 2.75) is 32.1 Å². The molecule has 0 fully saturated rings. The van der Waals surface area contributed by atoms with Gasteiger partial charge in [-0.1, -0.05) is 13.8 Å². The largest absolute Gasteiger partial charge is 0.342 e. The Morgan fingerprint density at radius 1 is 1.40 bits per heavy atom. The van der Waals surface area contributed by atoms with E-state index in [2.05, 4.69) is 24.2 Å². The van der Waals surface area contributed by atoms with Gasteiger partial charge < -0.3 is 4.52 Å². The maximum absolute atomic E-state index is 5.00. The molecule has 54 valence electrons. The van der Waals surface area contributed by atoms with Gasteiger partial charge in [-0.05, 0) is 6.42 Å². The Hall–Kier alpha value is -0.860. The lowest BCUT2D eigenvalue weighted by Crippen LogP contribution is -1.87. The Morgan fingerprint density at radius 3 is 2.90 bits per heavy atom. The van der Waals surface area contributed by atoms with Crippen LogP contribution in [0.25, 0.3) is 0 Å². The minimum absolute atomic E-state index is 0.514. The summed E-state index contributed by atoms with van der Waals surface area (Å²) in [6.45, 7) is 4.31. The molecule has 0 saturated heterocycles. The van der Waals surface area contributed by atoms with Gasteiger partial charge in [-0.15, -0.1) is 5.10 Å². The summed E-state index contributed by atoms with van der Waals surface area (Å²) in [5, 5.41) is 7.43. The van der Waals surface area contributed by atoms with Gasteiger partial charge in [0, 0.05) is 17.1 Å². The summed E-state index contributed by atoms with van der Waals surface area (Å²) < 4.78 is 5.00. The average molecular weight is 138 g/mol. The van der Waals surface area contributed by atoms with Gasteiger partial charge in [0.25, 0.3) is 0 Å². The zero-order chi connectivity index (χ0) is 7.14. The van der Waals surface area contributed by atoms with Crippen LogP contribution in [0.2, 0.25) is 0 Å². The van der Waals surface area contributed by atoms with Crippen molar-refractivity contribution in [3.05, 3.63) is 11.5 Å². The molecular weight excluding hydrogens is 128 g/mol. The molecule has 2 atom stereocenters. The third-order valence-corrected chi connectivity index (χ3v) is 2.16. The molecule has 1 aliphatic carbocycles. The van der Waals surface area contributed by atoms with E-state index >= 15 is 0 Å². The molecule has 0 amide bonds. The molecule has 0 spiro atoms. The molecule has 0 radical (unpaired) electrons. The predicted molar refractivity (Wildman–Crippen MR) is 35.7 cm³/mol. The highest BCUT2D eigenvalue weighted by molar-refractivity contribution is 5.21. The van der Waals surface area contributed by atoms with Gasteiger partial charge in [-0.2, -0.15) is 0 Å². The molecule has 0 aromatic carbocycles. The highest BCUT2D eigenvalue weighted by atomic mass is 16.5. The second-order valence-corrected chi connectivity index (χ2v) is 3.06. The van der Waals surface area contributed by atoms with Crippen molar-refractivity contribution in [3.8, 4) is 0 Å². The number of fused-ring (bicyclic) bond motifs is 1. The summed E-state index contributed by atoms with van der Waals surface area (Å²) in [7, 11) is 0. The van der Waals surface area contributed by atoms with Gasteiger partial charge in [0.1, 0.15) is 5.69 Å². The number of aromatic nitrogens is 2. The number of rotatable bonds is 0. The third-order valence-electron chi connectivity index (χ3n) is 2.16. The van der Waals surface area contributed by atoms with Crippen molar-refractivity contribution >= 4 is 0 Å². The normalized spacial score (nSPS) is 30.6. The van der Waals surface area contributed by atoms with Crippen LogP contribution in [0.1, 0.15) is 43.6 Å². The van der Waals surface area contributed by atoms with Crippen molar-refractivity contribution in [3.63, 3.8) is 0 Å². The lowest BCUT2D eigenvalue weighted by Gasteiger charge is -1.97. The molecule has 1 aromatic heterocycles. The first-order valence-electron chi connectivity index (χ1n) is 3.61. The molecule has 3 heteroatoms. The first kappa shape index (κ1) is 5.89. The van der Waals surface area contributed by atoms with Crippen LogP contribution in [0.15, 0.2) is 4.52 Å². The monoisotopic (exact) mass is 138 g/mol. The molecule has 1 aromatic rings. The minimum atomic E-state index is 0.514. The first-order valence-corrected chi connectivity index (χ1v) is 3.61. The van der Waals surface area contributed by atoms with E-state index in [4.69, 9.17) is 4.52 Å². The third kappa shape index (κ3) is 0.602. The fourth-order valence-corrected chi connectivity index (χ4v) is 1.64. The standard InChI is InChI=1S/C7H10N2O/c1-4-3-5(2)7-6(4)8-9-10-7/h4-5H,3H2,1-2H3/t4-,5+/m0/s1. The van der Waals surface area contributed by atoms with Crippen LogP contribution in [-0.4, -0.2) is 10.4 Å². The first-order chi connectivity index (χ1) is 4.79. The van der Waals surface area contributed by atoms with Crippen LogP contribution in [0.3, 0.4) is 0 Å². The molecule has 0 N–H and O–H groups in total. The lowest BCUT2D eigenvalue weighted by molar-refractivity contribution is 0.345. The fourth-order valence-electron chi connectivity index (χ4n) is 1.64. The van der Waals surface area contributed by atoms with Gasteiger partial charge in [-0.3, -0.25) is 0 Å². The van der Waals surface area contributed by atoms with Crippen molar-refractivity contribution in [1.29, 1.82) is 0 Å². The van der Waals surface area contributed by atoms with Gasteiger partial charge in [0.05, 0.1) is 0 Å². The molecule has 1 aliphatic rings. The quantitative estimate of drug-likeness (QED) is 0.547. The maximum atomic E-state index is 5.00. The molecule has 0 saturated carbocycles. The summed E-state index contributed by atoms with van der Waals surface area (Å²) in [4.78, 5) is 0. The van der Waals surface area contributed by atoms with Gasteiger partial charge in [-0.25, -0.2) is 0 Å². The SMILES string of the molecule is C[C@@H]1C[C@H](C)c2nnoc21. The average Bonchev–Trinajstić information content (AvgIpc) is 2.39. The maximum Gasteiger partial charge on any atom is 0.163 e. The fraction of sp³-hybridized carbons (Fsp3) is 0.714. The molecule has 10 heavy (non-hydrogen) atoms. The number of hydrogen-bond donors (Lipinski definition) is 0. The van der Waals surface area contributed by atoms with E-state index in [0.29, 0.717) is 11.8 Å². The van der Waals surface area contributed by atoms with Crippen LogP contribution >= 0.6 is 0 Å². The Kier molecular flexibility index (Phi) is 1.07. The minimum Gasteiger partial charge on any atom is -0.342 e. The van der Waals surface area contributed by atoms with Crippen molar-refractivity contribution in [2.75, 3.05) is 0 Å². The van der Waals surface area contributed by atoms with E-state index in [1.165, 1.54) is 0 Å². The van der Waals surface area contributed by atoms with Crippen LogP contribution < -0.4 is 0 Å². The Balaban J connectivity index is 2.48. The van der Waals surface area contributed by atoms with Crippen LogP contribution in [0.5, 0.6) is 0 Å². The predicted octanol–water partition coefficient (Wildman–Crippen LogP) is 1.68. The van der Waals surface area contributed by atoms with Crippen molar-refractivity contribution in [2.24, 2.45) is 0 Å². The van der Waals surface area contributed by atoms with Gasteiger partial charge in [0.15, 0.2) is 5.76 Å². The van der Waals surface area contributed by atoms with Crippen LogP contribution in [0, 0.1) is 0 Å². The number of hydrogen-bond acceptors (Lipinski definition) is 3. The van der Waals surface area contributed by atoms with Gasteiger partial charge in [0.2, 0.25) is 0 Å². The smallest absolute Gasteiger partial charge is 0.163 e. The zero-order valence-corrected chi connectivity index (χ0v) is 6.16. The Labute approximate surface area is 59.4 Å². The second kappa shape index (κ2) is 1.81. The Morgan fingerprint density at radius 2 is 2.20 bits per heavy atom. The van der Waals surface area contributed by atoms with Crippen LogP contribution in [0.4, 0.5) is 0 Å². The van der Waals surface area contributed by atoms with E-state index in [1.54, 1.807) is 0 Å². The molecule has 0 aliphatic heterocycles. The van der Waals surface area contributed by atoms with Crippen molar-refractivity contribution in [1.82, 2.24) is 10.4 Å². The van der Waals surface area contributed by atoms with Gasteiger partial charge >= 0.3 is 0 Å². The molecule has 0 bridgehead atoms. The Bertz CT molecular complexity index is 221. The topological polar surface area (TPSA) is 38.9 Å². The molecule has 0 unspecified atom stereocenters. The second-order valence-electron chi connectivity index (χ2n) is 3.06. The lowest BCUT2D eigenvalue weighted by atomic mass is 10.1. The summed E-state index contributed by atoms with van der Waals surface area (Å²) in [5.41, 5.74) is 1.06. The van der Waals surface area contributed by atoms with E-state index in [9.17, 15) is 0 Å². The zero-order valence-electron chi connectivity index (χ0n) is 6.16. The van der Waals surface area contributed by atoms with Crippen molar-refractivity contribution < 1.29 is 4.52 Å². The highest BCUT2D eigenvalue weighted by Crippen LogP contribution is 2.39. The van der Waals surface area contributed by atoms with E-state index in [0.717, 1.165) is 17.9 Å². The summed E-state index contributed by atoms with van der Waals surface area (Å²) in [5.74, 6) is 2.05. The summed E-state index contributed by atoms with van der Waals surface area (Å²) in [6, 6.07) is 0. The number of nitrogens with zero attached hydrogens (tertiary/aromatic N) is 2. The highest BCUT2D eigenvalue weighted by Gasteiger charge is 2.30. The van der Waals surface area contributed by atoms with E-state index < -0.39 is 0 Å². The van der Waals surface area contributed by atoms with Crippen LogP contribution in [-0.2, 0) is 0 Å². The summed E-state index contributed by atoms with van der Waals surface area (Å²) in [6.07, 6.45) is 1.16. The molecule has 2 rings (SSSR count). The van der Waals surface area contributed by atoms with E-state index in [-0.39, 0.29) is 0 Å². The summed E-state index contributed by atoms with van der Waals surface area (Å²) >= 11 is 0.